The second kappa shape index (κ2) is 6.42. The highest BCUT2D eigenvalue weighted by Gasteiger charge is 2.61. The van der Waals surface area contributed by atoms with E-state index in [0.717, 1.165) is 13.0 Å². The Balaban J connectivity index is 2.49. The normalized spacial score (nSPS) is 12.3. The Morgan fingerprint density at radius 1 is 1.19 bits per heavy atom. The zero-order chi connectivity index (χ0) is 19.9. The second-order valence-electron chi connectivity index (χ2n) is 5.43. The molecule has 0 saturated heterocycles. The molecule has 0 spiro atoms. The van der Waals surface area contributed by atoms with Gasteiger partial charge in [0.05, 0.1) is 11.5 Å². The van der Waals surface area contributed by atoms with Gasteiger partial charge in [-0.15, -0.1) is 5.10 Å². The molecule has 2 rings (SSSR count). The van der Waals surface area contributed by atoms with E-state index in [2.05, 4.69) is 10.1 Å². The maximum absolute atomic E-state index is 13.5. The van der Waals surface area contributed by atoms with Gasteiger partial charge in [0.25, 0.3) is 11.2 Å². The fraction of sp³-hybridized carbons (Fsp3) is 0.357. The van der Waals surface area contributed by atoms with Gasteiger partial charge in [-0.05, 0) is 25.5 Å². The number of nitro benzene ring substituents is 1. The minimum atomic E-state index is -5.92. The fourth-order valence-electron chi connectivity index (χ4n) is 2.14. The van der Waals surface area contributed by atoms with Gasteiger partial charge < -0.3 is 0 Å². The summed E-state index contributed by atoms with van der Waals surface area (Å²) in [6, 6.07) is 3.69. The summed E-state index contributed by atoms with van der Waals surface area (Å²) in [5, 5.41) is 13.8. The van der Waals surface area contributed by atoms with E-state index in [1.165, 1.54) is 19.1 Å². The van der Waals surface area contributed by atoms with Gasteiger partial charge >= 0.3 is 12.1 Å². The maximum Gasteiger partial charge on any atom is 0.461 e. The van der Waals surface area contributed by atoms with Crippen LogP contribution in [-0.4, -0.2) is 25.9 Å². The minimum Gasteiger partial charge on any atom is -0.266 e. The number of benzene rings is 1. The monoisotopic (exact) mass is 378 g/mol. The highest BCUT2D eigenvalue weighted by molar-refractivity contribution is 5.41. The van der Waals surface area contributed by atoms with Gasteiger partial charge in [-0.2, -0.15) is 22.0 Å². The van der Waals surface area contributed by atoms with Gasteiger partial charge in [0.15, 0.2) is 0 Å². The molecule has 1 aromatic heterocycles. The summed E-state index contributed by atoms with van der Waals surface area (Å²) in [5.41, 5.74) is -1.26. The summed E-state index contributed by atoms with van der Waals surface area (Å²) in [5.74, 6) is -7.18. The smallest absolute Gasteiger partial charge is 0.266 e. The predicted molar refractivity (Wildman–Crippen MR) is 77.9 cm³/mol. The SMILES string of the molecule is Cc1cc(Cn2nc(C(F)(F)C(F)(F)F)nc(C)c2=O)ccc1[N+](=O)[O-]. The quantitative estimate of drug-likeness (QED) is 0.464. The molecular weight excluding hydrogens is 367 g/mol. The molecule has 0 aliphatic heterocycles. The molecule has 0 fully saturated rings. The molecule has 26 heavy (non-hydrogen) atoms. The van der Waals surface area contributed by atoms with E-state index in [-0.39, 0.29) is 16.8 Å². The van der Waals surface area contributed by atoms with E-state index in [9.17, 15) is 36.9 Å². The number of aryl methyl sites for hydroxylation is 2. The van der Waals surface area contributed by atoms with E-state index in [1.807, 2.05) is 0 Å². The van der Waals surface area contributed by atoms with Crippen LogP contribution in [0, 0.1) is 24.0 Å². The van der Waals surface area contributed by atoms with E-state index < -0.39 is 40.6 Å². The van der Waals surface area contributed by atoms with Crippen LogP contribution in [0.2, 0.25) is 0 Å². The van der Waals surface area contributed by atoms with E-state index in [1.54, 1.807) is 0 Å². The molecule has 0 unspecified atom stereocenters. The summed E-state index contributed by atoms with van der Waals surface area (Å²) in [4.78, 5) is 25.1. The molecule has 0 saturated carbocycles. The Hall–Kier alpha value is -2.92. The number of halogens is 5. The topological polar surface area (TPSA) is 90.9 Å². The summed E-state index contributed by atoms with van der Waals surface area (Å²) in [6.07, 6.45) is -5.92. The van der Waals surface area contributed by atoms with Crippen molar-refractivity contribution in [2.75, 3.05) is 0 Å². The lowest BCUT2D eigenvalue weighted by Crippen LogP contribution is -2.39. The number of hydrogen-bond donors (Lipinski definition) is 0. The summed E-state index contributed by atoms with van der Waals surface area (Å²) < 4.78 is 64.8. The number of alkyl halides is 5. The molecule has 140 valence electrons. The van der Waals surface area contributed by atoms with Gasteiger partial charge in [-0.3, -0.25) is 14.9 Å². The first-order valence-corrected chi connectivity index (χ1v) is 6.99. The Kier molecular flexibility index (Phi) is 4.79. The first kappa shape index (κ1) is 19.4. The van der Waals surface area contributed by atoms with Crippen LogP contribution in [0.1, 0.15) is 22.6 Å². The van der Waals surface area contributed by atoms with Crippen molar-refractivity contribution in [3.63, 3.8) is 0 Å². The van der Waals surface area contributed by atoms with E-state index in [0.29, 0.717) is 4.68 Å². The van der Waals surface area contributed by atoms with Crippen LogP contribution in [0.5, 0.6) is 0 Å². The average molecular weight is 378 g/mol. The standard InChI is InChI=1S/C14H11F5N4O3/c1-7-5-9(3-4-10(7)23(25)26)6-22-11(24)8(2)20-12(21-22)13(15,16)14(17,18)19/h3-5H,6H2,1-2H3. The van der Waals surface area contributed by atoms with Crippen molar-refractivity contribution in [1.82, 2.24) is 14.8 Å². The van der Waals surface area contributed by atoms with Crippen molar-refractivity contribution in [3.8, 4) is 0 Å². The number of nitro groups is 1. The van der Waals surface area contributed by atoms with Gasteiger partial charge in [0, 0.05) is 11.6 Å². The lowest BCUT2D eigenvalue weighted by Gasteiger charge is -2.19. The van der Waals surface area contributed by atoms with Gasteiger partial charge in [-0.25, -0.2) is 9.67 Å². The molecule has 0 aliphatic rings. The lowest BCUT2D eigenvalue weighted by molar-refractivity contribution is -0.385. The van der Waals surface area contributed by atoms with Crippen molar-refractivity contribution in [1.29, 1.82) is 0 Å². The zero-order valence-corrected chi connectivity index (χ0v) is 13.3. The fourth-order valence-corrected chi connectivity index (χ4v) is 2.14. The van der Waals surface area contributed by atoms with Crippen molar-refractivity contribution >= 4 is 5.69 Å². The van der Waals surface area contributed by atoms with Crippen LogP contribution < -0.4 is 5.56 Å². The van der Waals surface area contributed by atoms with E-state index >= 15 is 0 Å². The third kappa shape index (κ3) is 3.53. The highest BCUT2D eigenvalue weighted by atomic mass is 19.4. The first-order chi connectivity index (χ1) is 11.8. The second-order valence-corrected chi connectivity index (χ2v) is 5.43. The lowest BCUT2D eigenvalue weighted by atomic mass is 10.1. The number of nitrogens with zero attached hydrogens (tertiary/aromatic N) is 4. The minimum absolute atomic E-state index is 0.204. The van der Waals surface area contributed by atoms with Crippen molar-refractivity contribution in [2.24, 2.45) is 0 Å². The third-order valence-corrected chi connectivity index (χ3v) is 3.46. The molecule has 0 N–H and O–H groups in total. The number of rotatable bonds is 4. The predicted octanol–water partition coefficient (Wildman–Crippen LogP) is 2.87. The molecule has 0 atom stereocenters. The van der Waals surface area contributed by atoms with E-state index in [4.69, 9.17) is 0 Å². The Labute approximate surface area is 142 Å². The molecule has 1 aromatic carbocycles. The van der Waals surface area contributed by atoms with Gasteiger partial charge in [0.1, 0.15) is 5.69 Å². The van der Waals surface area contributed by atoms with Crippen molar-refractivity contribution < 1.29 is 26.9 Å². The van der Waals surface area contributed by atoms with Crippen LogP contribution >= 0.6 is 0 Å². The zero-order valence-electron chi connectivity index (χ0n) is 13.3. The largest absolute Gasteiger partial charge is 0.461 e. The molecule has 0 radical (unpaired) electrons. The molecule has 2 aromatic rings. The van der Waals surface area contributed by atoms with Crippen LogP contribution in [-0.2, 0) is 12.5 Å². The van der Waals surface area contributed by atoms with Gasteiger partial charge in [0.2, 0.25) is 5.82 Å². The third-order valence-electron chi connectivity index (χ3n) is 3.46. The summed E-state index contributed by atoms with van der Waals surface area (Å²) in [7, 11) is 0. The van der Waals surface area contributed by atoms with Crippen LogP contribution in [0.15, 0.2) is 23.0 Å². The Morgan fingerprint density at radius 3 is 2.31 bits per heavy atom. The molecule has 0 aliphatic carbocycles. The molecule has 0 bridgehead atoms. The molecule has 1 heterocycles. The van der Waals surface area contributed by atoms with Crippen molar-refractivity contribution in [2.45, 2.75) is 32.5 Å². The number of aromatic nitrogens is 3. The maximum atomic E-state index is 13.5. The molecular formula is C14H11F5N4O3. The van der Waals surface area contributed by atoms with Gasteiger partial charge in [-0.1, -0.05) is 6.07 Å². The Morgan fingerprint density at radius 2 is 1.81 bits per heavy atom. The number of hydrogen-bond acceptors (Lipinski definition) is 5. The van der Waals surface area contributed by atoms with Crippen LogP contribution in [0.3, 0.4) is 0 Å². The molecule has 12 heteroatoms. The summed E-state index contributed by atoms with van der Waals surface area (Å²) >= 11 is 0. The first-order valence-electron chi connectivity index (χ1n) is 6.99. The molecule has 0 amide bonds. The van der Waals surface area contributed by atoms with Crippen molar-refractivity contribution in [3.05, 3.63) is 61.3 Å². The highest BCUT2D eigenvalue weighted by Crippen LogP contribution is 2.41. The van der Waals surface area contributed by atoms with Crippen LogP contribution in [0.25, 0.3) is 0 Å². The molecule has 7 nitrogen and oxygen atoms in total. The van der Waals surface area contributed by atoms with Crippen LogP contribution in [0.4, 0.5) is 27.6 Å². The Bertz CT molecular complexity index is 924. The average Bonchev–Trinajstić information content (AvgIpc) is 2.50. The summed E-state index contributed by atoms with van der Waals surface area (Å²) in [6.45, 7) is 1.94.